The fraction of sp³-hybridized carbons (Fsp3) is 0.929. The number of hydrogen-bond donors (Lipinski definition) is 2. The van der Waals surface area contributed by atoms with Crippen molar-refractivity contribution in [2.75, 3.05) is 20.2 Å². The first kappa shape index (κ1) is 13.8. The summed E-state index contributed by atoms with van der Waals surface area (Å²) in [4.78, 5) is 11.1. The summed E-state index contributed by atoms with van der Waals surface area (Å²) in [6.07, 6.45) is 8.38. The zero-order valence-electron chi connectivity index (χ0n) is 11.4. The fourth-order valence-corrected chi connectivity index (χ4v) is 3.43. The van der Waals surface area contributed by atoms with Crippen molar-refractivity contribution in [3.05, 3.63) is 0 Å². The molecule has 0 amide bonds. The number of ether oxygens (including phenoxy) is 1. The van der Waals surface area contributed by atoms with Gasteiger partial charge in [0.1, 0.15) is 0 Å². The minimum atomic E-state index is -0.117. The van der Waals surface area contributed by atoms with Crippen molar-refractivity contribution in [2.24, 2.45) is 5.92 Å². The lowest BCUT2D eigenvalue weighted by Crippen LogP contribution is -2.47. The summed E-state index contributed by atoms with van der Waals surface area (Å²) in [5, 5.41) is 7.21. The third-order valence-electron chi connectivity index (χ3n) is 4.40. The van der Waals surface area contributed by atoms with Crippen molar-refractivity contribution in [2.45, 2.75) is 57.0 Å². The topological polar surface area (TPSA) is 50.4 Å². The van der Waals surface area contributed by atoms with E-state index in [9.17, 15) is 4.79 Å². The highest BCUT2D eigenvalue weighted by atomic mass is 16.5. The van der Waals surface area contributed by atoms with E-state index >= 15 is 0 Å². The Hall–Kier alpha value is -0.610. The lowest BCUT2D eigenvalue weighted by Gasteiger charge is -2.36. The van der Waals surface area contributed by atoms with E-state index in [0.29, 0.717) is 18.5 Å². The first-order valence-corrected chi connectivity index (χ1v) is 7.35. The summed E-state index contributed by atoms with van der Waals surface area (Å²) in [6, 6.07) is 1.28. The van der Waals surface area contributed by atoms with Crippen LogP contribution in [0, 0.1) is 5.92 Å². The first-order valence-electron chi connectivity index (χ1n) is 7.35. The van der Waals surface area contributed by atoms with Gasteiger partial charge in [-0.15, -0.1) is 0 Å². The zero-order valence-corrected chi connectivity index (χ0v) is 11.4. The predicted molar refractivity (Wildman–Crippen MR) is 71.4 cm³/mol. The molecule has 1 heterocycles. The maximum atomic E-state index is 11.1. The molecule has 18 heavy (non-hydrogen) atoms. The smallest absolute Gasteiger partial charge is 0.306 e. The lowest BCUT2D eigenvalue weighted by atomic mass is 9.79. The van der Waals surface area contributed by atoms with Crippen LogP contribution < -0.4 is 10.6 Å². The third-order valence-corrected chi connectivity index (χ3v) is 4.40. The van der Waals surface area contributed by atoms with Gasteiger partial charge in [-0.25, -0.2) is 0 Å². The summed E-state index contributed by atoms with van der Waals surface area (Å²) in [5.41, 5.74) is 0. The standard InChI is InChI=1S/C14H26N2O2/c1-18-14(17)8-10-16-12-6-3-2-5-11(12)13-7-4-9-15-13/h11-13,15-16H,2-10H2,1H3. The normalized spacial score (nSPS) is 32.4. The van der Waals surface area contributed by atoms with E-state index in [1.165, 1.54) is 52.2 Å². The molecular formula is C14H26N2O2. The zero-order chi connectivity index (χ0) is 12.8. The van der Waals surface area contributed by atoms with Crippen LogP contribution in [-0.4, -0.2) is 38.3 Å². The van der Waals surface area contributed by atoms with Gasteiger partial charge in [0.2, 0.25) is 0 Å². The van der Waals surface area contributed by atoms with Crippen LogP contribution in [0.1, 0.15) is 44.9 Å². The fourth-order valence-electron chi connectivity index (χ4n) is 3.43. The molecule has 104 valence electrons. The molecule has 0 bridgehead atoms. The monoisotopic (exact) mass is 254 g/mol. The van der Waals surface area contributed by atoms with Gasteiger partial charge in [-0.3, -0.25) is 4.79 Å². The summed E-state index contributed by atoms with van der Waals surface area (Å²) >= 11 is 0. The van der Waals surface area contributed by atoms with Crippen LogP contribution >= 0.6 is 0 Å². The highest BCUT2D eigenvalue weighted by Crippen LogP contribution is 2.30. The molecule has 0 aromatic carbocycles. The van der Waals surface area contributed by atoms with Crippen LogP contribution in [0.15, 0.2) is 0 Å². The molecule has 3 unspecified atom stereocenters. The summed E-state index contributed by atoms with van der Waals surface area (Å²) < 4.78 is 4.67. The Morgan fingerprint density at radius 2 is 2.11 bits per heavy atom. The van der Waals surface area contributed by atoms with Crippen LogP contribution in [-0.2, 0) is 9.53 Å². The predicted octanol–water partition coefficient (Wildman–Crippen LogP) is 1.45. The Morgan fingerprint density at radius 1 is 1.28 bits per heavy atom. The van der Waals surface area contributed by atoms with Crippen LogP contribution in [0.2, 0.25) is 0 Å². The molecule has 4 nitrogen and oxygen atoms in total. The molecule has 1 aliphatic heterocycles. The number of rotatable bonds is 5. The summed E-state index contributed by atoms with van der Waals surface area (Å²) in [7, 11) is 1.45. The van der Waals surface area contributed by atoms with Crippen molar-refractivity contribution in [1.82, 2.24) is 10.6 Å². The molecule has 0 aromatic heterocycles. The Labute approximate surface area is 110 Å². The summed E-state index contributed by atoms with van der Waals surface area (Å²) in [6.45, 7) is 1.93. The summed E-state index contributed by atoms with van der Waals surface area (Å²) in [5.74, 6) is 0.632. The number of carbonyl (C=O) groups is 1. The molecule has 1 aliphatic carbocycles. The van der Waals surface area contributed by atoms with Gasteiger partial charge in [0.15, 0.2) is 0 Å². The molecule has 2 aliphatic rings. The SMILES string of the molecule is COC(=O)CCNC1CCCCC1C1CCCN1. The van der Waals surface area contributed by atoms with Gasteiger partial charge in [0, 0.05) is 18.6 Å². The maximum Gasteiger partial charge on any atom is 0.306 e. The average Bonchev–Trinajstić information content (AvgIpc) is 2.93. The van der Waals surface area contributed by atoms with Gasteiger partial charge in [0.05, 0.1) is 13.5 Å². The van der Waals surface area contributed by atoms with E-state index in [-0.39, 0.29) is 5.97 Å². The molecule has 3 atom stereocenters. The molecule has 0 aromatic rings. The molecule has 0 spiro atoms. The van der Waals surface area contributed by atoms with E-state index in [4.69, 9.17) is 0 Å². The van der Waals surface area contributed by atoms with Crippen molar-refractivity contribution in [1.29, 1.82) is 0 Å². The molecule has 1 saturated carbocycles. The second-order valence-corrected chi connectivity index (χ2v) is 5.54. The van der Waals surface area contributed by atoms with Gasteiger partial charge >= 0.3 is 5.97 Å². The number of methoxy groups -OCH3 is 1. The molecule has 2 fully saturated rings. The van der Waals surface area contributed by atoms with Gasteiger partial charge in [-0.05, 0) is 38.1 Å². The minimum absolute atomic E-state index is 0.117. The Bertz CT molecular complexity index is 265. The van der Waals surface area contributed by atoms with E-state index < -0.39 is 0 Å². The van der Waals surface area contributed by atoms with Gasteiger partial charge in [-0.1, -0.05) is 12.8 Å². The van der Waals surface area contributed by atoms with E-state index in [2.05, 4.69) is 15.4 Å². The van der Waals surface area contributed by atoms with Crippen molar-refractivity contribution in [3.8, 4) is 0 Å². The Kier molecular flexibility index (Phi) is 5.45. The van der Waals surface area contributed by atoms with Crippen LogP contribution in [0.5, 0.6) is 0 Å². The quantitative estimate of drug-likeness (QED) is 0.729. The number of esters is 1. The Balaban J connectivity index is 1.78. The highest BCUT2D eigenvalue weighted by molar-refractivity contribution is 5.69. The number of hydrogen-bond acceptors (Lipinski definition) is 4. The second-order valence-electron chi connectivity index (χ2n) is 5.54. The van der Waals surface area contributed by atoms with Crippen LogP contribution in [0.4, 0.5) is 0 Å². The van der Waals surface area contributed by atoms with E-state index in [0.717, 1.165) is 12.5 Å². The molecule has 4 heteroatoms. The van der Waals surface area contributed by atoms with Crippen molar-refractivity contribution < 1.29 is 9.53 Å². The highest BCUT2D eigenvalue weighted by Gasteiger charge is 2.32. The lowest BCUT2D eigenvalue weighted by molar-refractivity contribution is -0.140. The molecular weight excluding hydrogens is 228 g/mol. The molecule has 1 saturated heterocycles. The second kappa shape index (κ2) is 7.10. The van der Waals surface area contributed by atoms with E-state index in [1.54, 1.807) is 0 Å². The molecule has 2 rings (SSSR count). The minimum Gasteiger partial charge on any atom is -0.469 e. The van der Waals surface area contributed by atoms with E-state index in [1.807, 2.05) is 0 Å². The van der Waals surface area contributed by atoms with Crippen molar-refractivity contribution >= 4 is 5.97 Å². The maximum absolute atomic E-state index is 11.1. The van der Waals surface area contributed by atoms with Crippen LogP contribution in [0.3, 0.4) is 0 Å². The van der Waals surface area contributed by atoms with Crippen molar-refractivity contribution in [3.63, 3.8) is 0 Å². The molecule has 0 radical (unpaired) electrons. The third kappa shape index (κ3) is 3.69. The first-order chi connectivity index (χ1) is 8.81. The van der Waals surface area contributed by atoms with Crippen LogP contribution in [0.25, 0.3) is 0 Å². The average molecular weight is 254 g/mol. The van der Waals surface area contributed by atoms with Gasteiger partial charge in [0.25, 0.3) is 0 Å². The molecule has 2 N–H and O–H groups in total. The number of carbonyl (C=O) groups excluding carboxylic acids is 1. The van der Waals surface area contributed by atoms with Gasteiger partial charge in [-0.2, -0.15) is 0 Å². The number of nitrogens with one attached hydrogen (secondary N) is 2. The Morgan fingerprint density at radius 3 is 2.83 bits per heavy atom. The largest absolute Gasteiger partial charge is 0.469 e. The van der Waals surface area contributed by atoms with Gasteiger partial charge < -0.3 is 15.4 Å².